The lowest BCUT2D eigenvalue weighted by Crippen LogP contribution is -2.70. The maximum atomic E-state index is 6.61. The van der Waals surface area contributed by atoms with Crippen molar-refractivity contribution in [1.82, 2.24) is 0 Å². The maximum absolute atomic E-state index is 6.61. The molecule has 0 N–H and O–H groups in total. The van der Waals surface area contributed by atoms with Gasteiger partial charge in [-0.05, 0) is 49.5 Å². The Morgan fingerprint density at radius 2 is 1.90 bits per heavy atom. The minimum atomic E-state index is -0.694. The van der Waals surface area contributed by atoms with Crippen LogP contribution in [0, 0.1) is 23.7 Å². The smallest absolute Gasteiger partial charge is 0.201 e. The first-order chi connectivity index (χ1) is 14.0. The van der Waals surface area contributed by atoms with Crippen LogP contribution in [-0.4, -0.2) is 28.9 Å². The molecule has 1 aromatic rings. The van der Waals surface area contributed by atoms with Crippen molar-refractivity contribution in [2.75, 3.05) is 5.75 Å². The SMILES string of the molecule is C[C@@H]1CC[C@H]2[C@@H](C)C(SC/C=C/c3ccccc3)O[C@@H]3O[C@@]4(C)CC[C@@H]1[C@]32OO4. The topological polar surface area (TPSA) is 36.9 Å². The van der Waals surface area contributed by atoms with Crippen LogP contribution in [0.3, 0.4) is 0 Å². The lowest BCUT2D eigenvalue weighted by atomic mass is 9.58. The summed E-state index contributed by atoms with van der Waals surface area (Å²) in [5.74, 6) is 2.06. The van der Waals surface area contributed by atoms with Crippen LogP contribution >= 0.6 is 11.8 Å². The van der Waals surface area contributed by atoms with Crippen LogP contribution in [0.4, 0.5) is 0 Å². The summed E-state index contributed by atoms with van der Waals surface area (Å²) in [6.07, 6.45) is 8.42. The monoisotopic (exact) mass is 416 g/mol. The zero-order valence-electron chi connectivity index (χ0n) is 17.6. The molecule has 0 amide bonds. The van der Waals surface area contributed by atoms with E-state index >= 15 is 0 Å². The first kappa shape index (κ1) is 20.1. The largest absolute Gasteiger partial charge is 0.335 e. The van der Waals surface area contributed by atoms with Crippen LogP contribution in [0.2, 0.25) is 0 Å². The number of benzene rings is 1. The van der Waals surface area contributed by atoms with E-state index in [1.54, 1.807) is 0 Å². The molecule has 5 fully saturated rings. The third-order valence-electron chi connectivity index (χ3n) is 7.56. The van der Waals surface area contributed by atoms with Gasteiger partial charge >= 0.3 is 0 Å². The molecule has 1 unspecified atom stereocenters. The van der Waals surface area contributed by atoms with Gasteiger partial charge in [-0.2, -0.15) is 0 Å². The predicted molar refractivity (Wildman–Crippen MR) is 115 cm³/mol. The van der Waals surface area contributed by atoms with Crippen LogP contribution in [0.1, 0.15) is 52.0 Å². The van der Waals surface area contributed by atoms with Gasteiger partial charge in [0.1, 0.15) is 5.44 Å². The van der Waals surface area contributed by atoms with Crippen molar-refractivity contribution in [2.24, 2.45) is 23.7 Å². The van der Waals surface area contributed by atoms with Crippen molar-refractivity contribution < 1.29 is 19.2 Å². The second-order valence-corrected chi connectivity index (χ2v) is 10.6. The highest BCUT2D eigenvalue weighted by molar-refractivity contribution is 7.99. The van der Waals surface area contributed by atoms with Gasteiger partial charge in [0.05, 0.1) is 0 Å². The van der Waals surface area contributed by atoms with Gasteiger partial charge in [-0.25, -0.2) is 9.78 Å². The highest BCUT2D eigenvalue weighted by Gasteiger charge is 2.69. The summed E-state index contributed by atoms with van der Waals surface area (Å²) >= 11 is 1.87. The van der Waals surface area contributed by atoms with Crippen molar-refractivity contribution in [3.05, 3.63) is 42.0 Å². The zero-order chi connectivity index (χ0) is 20.1. The Balaban J connectivity index is 1.34. The van der Waals surface area contributed by atoms with Crippen LogP contribution in [-0.2, 0) is 19.2 Å². The number of hydrogen-bond acceptors (Lipinski definition) is 5. The summed E-state index contributed by atoms with van der Waals surface area (Å²) in [5, 5.41) is 0. The van der Waals surface area contributed by atoms with Crippen molar-refractivity contribution in [1.29, 1.82) is 0 Å². The molecule has 2 bridgehead atoms. The van der Waals surface area contributed by atoms with Crippen molar-refractivity contribution in [3.8, 4) is 0 Å². The van der Waals surface area contributed by atoms with Gasteiger partial charge in [0.15, 0.2) is 11.9 Å². The third kappa shape index (κ3) is 3.39. The summed E-state index contributed by atoms with van der Waals surface area (Å²) in [5.41, 5.74) is 0.887. The Labute approximate surface area is 178 Å². The van der Waals surface area contributed by atoms with Crippen LogP contribution < -0.4 is 0 Å². The van der Waals surface area contributed by atoms with Crippen LogP contribution in [0.5, 0.6) is 0 Å². The number of rotatable bonds is 4. The quantitative estimate of drug-likeness (QED) is 0.594. The predicted octanol–water partition coefficient (Wildman–Crippen LogP) is 5.64. The molecular weight excluding hydrogens is 384 g/mol. The summed E-state index contributed by atoms with van der Waals surface area (Å²) in [6.45, 7) is 6.67. The molecule has 1 aromatic carbocycles. The third-order valence-corrected chi connectivity index (χ3v) is 8.82. The normalized spacial score (nSPS) is 46.4. The summed E-state index contributed by atoms with van der Waals surface area (Å²) in [4.78, 5) is 12.1. The number of hydrogen-bond donors (Lipinski definition) is 0. The molecule has 158 valence electrons. The average molecular weight is 417 g/mol. The van der Waals surface area contributed by atoms with E-state index in [4.69, 9.17) is 19.2 Å². The molecule has 4 aliphatic heterocycles. The molecule has 0 aromatic heterocycles. The van der Waals surface area contributed by atoms with E-state index < -0.39 is 11.4 Å². The fourth-order valence-corrected chi connectivity index (χ4v) is 7.03. The minimum absolute atomic E-state index is 0.108. The van der Waals surface area contributed by atoms with Gasteiger partial charge in [0, 0.05) is 18.1 Å². The lowest BCUT2D eigenvalue weighted by molar-refractivity contribution is -0.568. The molecule has 8 atom stereocenters. The van der Waals surface area contributed by atoms with Gasteiger partial charge in [-0.1, -0.05) is 56.3 Å². The molecule has 1 spiro atoms. The molecule has 29 heavy (non-hydrogen) atoms. The Morgan fingerprint density at radius 3 is 2.72 bits per heavy atom. The van der Waals surface area contributed by atoms with Crippen LogP contribution in [0.25, 0.3) is 6.08 Å². The lowest BCUT2D eigenvalue weighted by Gasteiger charge is -2.60. The van der Waals surface area contributed by atoms with E-state index in [1.165, 1.54) is 12.0 Å². The summed E-state index contributed by atoms with van der Waals surface area (Å²) < 4.78 is 13.0. The summed E-state index contributed by atoms with van der Waals surface area (Å²) in [7, 11) is 0. The van der Waals surface area contributed by atoms with Crippen molar-refractivity contribution in [2.45, 2.75) is 69.6 Å². The number of thioether (sulfide) groups is 1. The molecule has 4 saturated heterocycles. The zero-order valence-corrected chi connectivity index (χ0v) is 18.4. The van der Waals surface area contributed by atoms with Gasteiger partial charge < -0.3 is 9.47 Å². The second kappa shape index (κ2) is 7.69. The molecule has 1 aliphatic carbocycles. The molecular formula is C24H32O4S. The second-order valence-electron chi connectivity index (χ2n) is 9.42. The highest BCUT2D eigenvalue weighted by atomic mass is 32.2. The number of ether oxygens (including phenoxy) is 2. The molecule has 5 aliphatic rings. The highest BCUT2D eigenvalue weighted by Crippen LogP contribution is 2.61. The standard InChI is InChI=1S/C24H32O4S/c1-16-11-12-20-17(2)21(29-15-7-10-18-8-5-4-6-9-18)25-22-24(20)19(16)13-14-23(3,26-22)27-28-24/h4-10,16-17,19-22H,11-15H2,1-3H3/b10-7+/t16-,17-,19+,20+,21?,22-,23-,24-/m1/s1. The van der Waals surface area contributed by atoms with Crippen molar-refractivity contribution in [3.63, 3.8) is 0 Å². The van der Waals surface area contributed by atoms with E-state index in [1.807, 2.05) is 24.8 Å². The van der Waals surface area contributed by atoms with E-state index in [-0.39, 0.29) is 11.7 Å². The molecule has 0 radical (unpaired) electrons. The number of fused-ring (bicyclic) bond motifs is 2. The van der Waals surface area contributed by atoms with Gasteiger partial charge in [0.2, 0.25) is 5.79 Å². The van der Waals surface area contributed by atoms with Gasteiger partial charge in [-0.3, -0.25) is 0 Å². The fourth-order valence-electron chi connectivity index (χ4n) is 5.96. The Bertz CT molecular complexity index is 755. The molecule has 4 heterocycles. The fraction of sp³-hybridized carbons (Fsp3) is 0.667. The van der Waals surface area contributed by atoms with E-state index in [2.05, 4.69) is 50.3 Å². The van der Waals surface area contributed by atoms with E-state index in [0.29, 0.717) is 23.7 Å². The first-order valence-corrected chi connectivity index (χ1v) is 12.1. The molecule has 5 heteroatoms. The first-order valence-electron chi connectivity index (χ1n) is 11.1. The Hall–Kier alpha value is -0.850. The van der Waals surface area contributed by atoms with Crippen molar-refractivity contribution >= 4 is 17.8 Å². The van der Waals surface area contributed by atoms with E-state index in [0.717, 1.165) is 25.0 Å². The minimum Gasteiger partial charge on any atom is -0.335 e. The Kier molecular flexibility index (Phi) is 5.32. The molecule has 1 saturated carbocycles. The molecule has 6 rings (SSSR count). The summed E-state index contributed by atoms with van der Waals surface area (Å²) in [6, 6.07) is 10.4. The maximum Gasteiger partial charge on any atom is 0.201 e. The van der Waals surface area contributed by atoms with E-state index in [9.17, 15) is 0 Å². The van der Waals surface area contributed by atoms with Gasteiger partial charge in [0.25, 0.3) is 0 Å². The van der Waals surface area contributed by atoms with Crippen LogP contribution in [0.15, 0.2) is 36.4 Å². The average Bonchev–Trinajstić information content (AvgIpc) is 2.95. The Morgan fingerprint density at radius 1 is 1.07 bits per heavy atom. The molecule has 4 nitrogen and oxygen atoms in total. The van der Waals surface area contributed by atoms with Gasteiger partial charge in [-0.15, -0.1) is 11.8 Å².